The minimum atomic E-state index is -0.542. The Labute approximate surface area is 185 Å². The van der Waals surface area contributed by atoms with Gasteiger partial charge in [-0.05, 0) is 30.5 Å². The van der Waals surface area contributed by atoms with Gasteiger partial charge in [0.1, 0.15) is 0 Å². The highest BCUT2D eigenvalue weighted by atomic mass is 35.5. The van der Waals surface area contributed by atoms with Crippen molar-refractivity contribution in [3.8, 4) is 0 Å². The zero-order valence-electron chi connectivity index (χ0n) is 16.6. The van der Waals surface area contributed by atoms with Gasteiger partial charge in [-0.25, -0.2) is 4.98 Å². The van der Waals surface area contributed by atoms with Crippen molar-refractivity contribution >= 4 is 34.0 Å². The number of aliphatic hydroxyl groups is 1. The third-order valence-corrected chi connectivity index (χ3v) is 6.42. The van der Waals surface area contributed by atoms with Crippen molar-refractivity contribution < 1.29 is 19.4 Å². The van der Waals surface area contributed by atoms with Crippen molar-refractivity contribution in [2.45, 2.75) is 50.2 Å². The number of ether oxygens (including phenoxy) is 2. The van der Waals surface area contributed by atoms with E-state index < -0.39 is 6.10 Å². The van der Waals surface area contributed by atoms with Gasteiger partial charge in [0.15, 0.2) is 5.13 Å². The number of fused-ring (bicyclic) bond motifs is 1. The van der Waals surface area contributed by atoms with Gasteiger partial charge in [0.25, 0.3) is 0 Å². The van der Waals surface area contributed by atoms with E-state index >= 15 is 0 Å². The molecule has 2 fully saturated rings. The molecule has 2 aliphatic heterocycles. The van der Waals surface area contributed by atoms with E-state index in [0.29, 0.717) is 36.3 Å². The van der Waals surface area contributed by atoms with Crippen LogP contribution in [0.4, 0.5) is 5.13 Å². The van der Waals surface area contributed by atoms with E-state index in [1.165, 1.54) is 11.3 Å². The van der Waals surface area contributed by atoms with Gasteiger partial charge in [-0.1, -0.05) is 23.7 Å². The Balaban J connectivity index is 1.39. The number of rotatable bonds is 5. The SMILES string of the molecule is O=C(C[C@@H]1CC[C@@H]2[C@H](COC[C@H](O)CN2Cc2ccc(Cl)cc2)O1)Nc1nccs1. The topological polar surface area (TPSA) is 83.9 Å². The van der Waals surface area contributed by atoms with Gasteiger partial charge in [-0.3, -0.25) is 9.69 Å². The van der Waals surface area contributed by atoms with Gasteiger partial charge in [0.2, 0.25) is 5.91 Å². The summed E-state index contributed by atoms with van der Waals surface area (Å²) in [4.78, 5) is 18.7. The molecule has 9 heteroatoms. The molecule has 0 unspecified atom stereocenters. The minimum absolute atomic E-state index is 0.0893. The smallest absolute Gasteiger partial charge is 0.228 e. The van der Waals surface area contributed by atoms with E-state index in [-0.39, 0.29) is 30.8 Å². The molecular weight excluding hydrogens is 426 g/mol. The van der Waals surface area contributed by atoms with Crippen molar-refractivity contribution in [3.63, 3.8) is 0 Å². The summed E-state index contributed by atoms with van der Waals surface area (Å²) in [6.07, 6.45) is 2.77. The van der Waals surface area contributed by atoms with Crippen molar-refractivity contribution in [2.24, 2.45) is 0 Å². The molecule has 162 valence electrons. The van der Waals surface area contributed by atoms with Crippen LogP contribution in [0.25, 0.3) is 0 Å². The van der Waals surface area contributed by atoms with Crippen LogP contribution in [0, 0.1) is 0 Å². The van der Waals surface area contributed by atoms with Crippen LogP contribution in [0.5, 0.6) is 0 Å². The molecule has 1 amide bonds. The number of carbonyl (C=O) groups is 1. The van der Waals surface area contributed by atoms with Crippen LogP contribution >= 0.6 is 22.9 Å². The number of amides is 1. The number of thiazole rings is 1. The predicted octanol–water partition coefficient (Wildman–Crippen LogP) is 2.93. The van der Waals surface area contributed by atoms with Crippen LogP contribution < -0.4 is 5.32 Å². The fourth-order valence-electron chi connectivity index (χ4n) is 4.11. The van der Waals surface area contributed by atoms with Crippen molar-refractivity contribution in [3.05, 3.63) is 46.4 Å². The zero-order chi connectivity index (χ0) is 20.9. The monoisotopic (exact) mass is 451 g/mol. The Hall–Kier alpha value is -1.55. The first-order valence-corrected chi connectivity index (χ1v) is 11.4. The Morgan fingerprint density at radius 2 is 2.13 bits per heavy atom. The number of carbonyl (C=O) groups excluding carboxylic acids is 1. The highest BCUT2D eigenvalue weighted by Crippen LogP contribution is 2.29. The Kier molecular flexibility index (Phi) is 7.35. The van der Waals surface area contributed by atoms with E-state index in [9.17, 15) is 9.90 Å². The van der Waals surface area contributed by atoms with Crippen LogP contribution in [0.3, 0.4) is 0 Å². The predicted molar refractivity (Wildman–Crippen MR) is 116 cm³/mol. The van der Waals surface area contributed by atoms with Crippen molar-refractivity contribution in [2.75, 3.05) is 25.1 Å². The molecule has 0 radical (unpaired) electrons. The number of anilines is 1. The fraction of sp³-hybridized carbons (Fsp3) is 0.524. The second-order valence-electron chi connectivity index (χ2n) is 7.78. The number of nitrogens with zero attached hydrogens (tertiary/aromatic N) is 2. The average molecular weight is 452 g/mol. The van der Waals surface area contributed by atoms with E-state index in [1.54, 1.807) is 6.20 Å². The summed E-state index contributed by atoms with van der Waals surface area (Å²) in [7, 11) is 0. The number of benzene rings is 1. The number of β-amino-alcohol motifs (C(OH)–C–C–N with tert-alkyl or cyclic N) is 1. The maximum absolute atomic E-state index is 12.3. The maximum atomic E-state index is 12.3. The van der Waals surface area contributed by atoms with Crippen LogP contribution in [-0.2, 0) is 20.8 Å². The van der Waals surface area contributed by atoms with E-state index in [4.69, 9.17) is 21.1 Å². The lowest BCUT2D eigenvalue weighted by molar-refractivity contribution is -0.156. The molecule has 0 bridgehead atoms. The van der Waals surface area contributed by atoms with E-state index in [2.05, 4.69) is 15.2 Å². The summed E-state index contributed by atoms with van der Waals surface area (Å²) in [5, 5.41) is 16.3. The molecule has 2 saturated heterocycles. The molecule has 4 rings (SSSR count). The summed E-state index contributed by atoms with van der Waals surface area (Å²) in [6.45, 7) is 1.90. The quantitative estimate of drug-likeness (QED) is 0.727. The molecule has 4 atom stereocenters. The van der Waals surface area contributed by atoms with Gasteiger partial charge in [0, 0.05) is 35.7 Å². The molecule has 0 spiro atoms. The van der Waals surface area contributed by atoms with Gasteiger partial charge in [0.05, 0.1) is 37.9 Å². The van der Waals surface area contributed by atoms with Crippen molar-refractivity contribution in [1.82, 2.24) is 9.88 Å². The van der Waals surface area contributed by atoms with E-state index in [0.717, 1.165) is 18.4 Å². The summed E-state index contributed by atoms with van der Waals surface area (Å²) < 4.78 is 12.0. The molecule has 2 aliphatic rings. The van der Waals surface area contributed by atoms with Gasteiger partial charge in [-0.15, -0.1) is 11.3 Å². The number of aromatic nitrogens is 1. The molecule has 0 saturated carbocycles. The number of hydrogen-bond acceptors (Lipinski definition) is 7. The fourth-order valence-corrected chi connectivity index (χ4v) is 4.79. The second kappa shape index (κ2) is 10.2. The molecule has 1 aromatic carbocycles. The molecule has 30 heavy (non-hydrogen) atoms. The Bertz CT molecular complexity index is 820. The molecular formula is C21H26ClN3O4S. The first-order chi connectivity index (χ1) is 14.6. The van der Waals surface area contributed by atoms with Crippen LogP contribution in [0.1, 0.15) is 24.8 Å². The van der Waals surface area contributed by atoms with Gasteiger partial charge >= 0.3 is 0 Å². The first kappa shape index (κ1) is 21.7. The van der Waals surface area contributed by atoms with Crippen LogP contribution in [0.2, 0.25) is 5.02 Å². The van der Waals surface area contributed by atoms with Crippen molar-refractivity contribution in [1.29, 1.82) is 0 Å². The molecule has 2 aromatic rings. The molecule has 1 aromatic heterocycles. The largest absolute Gasteiger partial charge is 0.389 e. The molecule has 3 heterocycles. The summed E-state index contributed by atoms with van der Waals surface area (Å²) >= 11 is 7.41. The van der Waals surface area contributed by atoms with Crippen LogP contribution in [0.15, 0.2) is 35.8 Å². The summed E-state index contributed by atoms with van der Waals surface area (Å²) in [5.74, 6) is -0.0893. The third kappa shape index (κ3) is 5.78. The molecule has 7 nitrogen and oxygen atoms in total. The summed E-state index contributed by atoms with van der Waals surface area (Å²) in [6, 6.07) is 7.90. The highest BCUT2D eigenvalue weighted by molar-refractivity contribution is 7.13. The van der Waals surface area contributed by atoms with Gasteiger partial charge in [-0.2, -0.15) is 0 Å². The van der Waals surface area contributed by atoms with E-state index in [1.807, 2.05) is 29.6 Å². The standard InChI is InChI=1S/C21H26ClN3O4S/c22-15-3-1-14(2-4-15)10-25-11-16(26)12-28-13-19-18(25)6-5-17(29-19)9-20(27)24-21-23-7-8-30-21/h1-4,7-8,16-19,26H,5-6,9-13H2,(H,23,24,27)/t16-,17+,18-,19+/m1/s1. The Morgan fingerprint density at radius 1 is 1.30 bits per heavy atom. The lowest BCUT2D eigenvalue weighted by Crippen LogP contribution is -2.55. The number of hydrogen-bond donors (Lipinski definition) is 2. The lowest BCUT2D eigenvalue weighted by Gasteiger charge is -2.44. The third-order valence-electron chi connectivity index (χ3n) is 5.48. The number of nitrogens with one attached hydrogen (secondary N) is 1. The molecule has 2 N–H and O–H groups in total. The lowest BCUT2D eigenvalue weighted by atomic mass is 9.94. The van der Waals surface area contributed by atoms with Gasteiger partial charge < -0.3 is 19.9 Å². The summed E-state index contributed by atoms with van der Waals surface area (Å²) in [5.41, 5.74) is 1.14. The second-order valence-corrected chi connectivity index (χ2v) is 9.11. The Morgan fingerprint density at radius 3 is 2.90 bits per heavy atom. The molecule has 0 aliphatic carbocycles. The average Bonchev–Trinajstić information content (AvgIpc) is 3.21. The minimum Gasteiger partial charge on any atom is -0.389 e. The first-order valence-electron chi connectivity index (χ1n) is 10.2. The maximum Gasteiger partial charge on any atom is 0.228 e. The normalized spacial score (nSPS) is 27.7. The number of aliphatic hydroxyl groups excluding tert-OH is 1. The number of halogens is 1. The highest BCUT2D eigenvalue weighted by Gasteiger charge is 2.38. The van der Waals surface area contributed by atoms with Crippen LogP contribution in [-0.4, -0.2) is 65.0 Å². The zero-order valence-corrected chi connectivity index (χ0v) is 18.1.